The molecule has 2 aromatic carbocycles. The number of carbonyl (C=O) groups is 2. The minimum absolute atomic E-state index is 0.0626. The Morgan fingerprint density at radius 3 is 2.61 bits per heavy atom. The Hall–Kier alpha value is -2.27. The number of benzene rings is 2. The van der Waals surface area contributed by atoms with Crippen molar-refractivity contribution in [3.63, 3.8) is 0 Å². The summed E-state index contributed by atoms with van der Waals surface area (Å²) in [5, 5.41) is 9.11. The molecule has 0 aromatic heterocycles. The first-order valence-corrected chi connectivity index (χ1v) is 10.8. The highest BCUT2D eigenvalue weighted by Crippen LogP contribution is 2.36. The number of rotatable bonds is 10. The summed E-state index contributed by atoms with van der Waals surface area (Å²) in [5.74, 6) is 0.751. The second kappa shape index (κ2) is 9.78. The maximum absolute atomic E-state index is 13.1. The van der Waals surface area contributed by atoms with E-state index in [-0.39, 0.29) is 12.2 Å². The quantitative estimate of drug-likeness (QED) is 0.443. The van der Waals surface area contributed by atoms with Crippen LogP contribution in [0.5, 0.6) is 5.75 Å². The van der Waals surface area contributed by atoms with Crippen LogP contribution in [0.4, 0.5) is 0 Å². The van der Waals surface area contributed by atoms with Crippen LogP contribution in [0, 0.1) is 0 Å². The highest BCUT2D eigenvalue weighted by molar-refractivity contribution is 7.99. The minimum Gasteiger partial charge on any atom is -0.494 e. The number of unbranched alkanes of at least 4 members (excludes halogenated alkanes) is 3. The topological polar surface area (TPSA) is 63.6 Å². The van der Waals surface area contributed by atoms with Crippen molar-refractivity contribution >= 4 is 23.5 Å². The molecule has 4 nitrogen and oxygen atoms in total. The third-order valence-corrected chi connectivity index (χ3v) is 6.01. The monoisotopic (exact) mass is 398 g/mol. The molecular formula is C23H26O4S. The van der Waals surface area contributed by atoms with E-state index in [4.69, 9.17) is 9.84 Å². The van der Waals surface area contributed by atoms with E-state index < -0.39 is 5.97 Å². The third kappa shape index (κ3) is 5.16. The van der Waals surface area contributed by atoms with Crippen LogP contribution in [0.15, 0.2) is 41.3 Å². The van der Waals surface area contributed by atoms with E-state index in [1.165, 1.54) is 19.3 Å². The zero-order valence-electron chi connectivity index (χ0n) is 16.2. The predicted octanol–water partition coefficient (Wildman–Crippen LogP) is 5.15. The summed E-state index contributed by atoms with van der Waals surface area (Å²) < 4.78 is 5.75. The molecule has 0 aliphatic carbocycles. The van der Waals surface area contributed by atoms with Crippen molar-refractivity contribution in [3.8, 4) is 5.75 Å². The van der Waals surface area contributed by atoms with Gasteiger partial charge in [-0.2, -0.15) is 0 Å². The number of aliphatic carboxylic acids is 1. The van der Waals surface area contributed by atoms with Crippen molar-refractivity contribution in [1.82, 2.24) is 0 Å². The van der Waals surface area contributed by atoms with E-state index >= 15 is 0 Å². The molecule has 0 unspecified atom stereocenters. The molecule has 1 heterocycles. The van der Waals surface area contributed by atoms with E-state index in [2.05, 4.69) is 6.92 Å². The van der Waals surface area contributed by atoms with E-state index in [1.807, 2.05) is 18.2 Å². The number of carbonyl (C=O) groups excluding carboxylic acids is 1. The SMILES string of the molecule is CCCCCCOc1ccc(C(=O)c2cc(CC(=O)O)cc3c2SCC3)cc1. The molecule has 0 radical (unpaired) electrons. The predicted molar refractivity (Wildman–Crippen MR) is 112 cm³/mol. The first-order chi connectivity index (χ1) is 13.6. The van der Waals surface area contributed by atoms with Gasteiger partial charge in [0, 0.05) is 21.8 Å². The number of fused-ring (bicyclic) bond motifs is 1. The molecule has 0 atom stereocenters. The Bertz CT molecular complexity index is 842. The number of ether oxygens (including phenoxy) is 1. The normalized spacial score (nSPS) is 12.6. The van der Waals surface area contributed by atoms with Gasteiger partial charge in [0.1, 0.15) is 5.75 Å². The number of carboxylic acid groups (broad SMARTS) is 1. The summed E-state index contributed by atoms with van der Waals surface area (Å²) in [5.41, 5.74) is 2.98. The Kier molecular flexibility index (Phi) is 7.15. The molecule has 2 aromatic rings. The Labute approximate surface area is 170 Å². The van der Waals surface area contributed by atoms with Gasteiger partial charge in [0.25, 0.3) is 0 Å². The zero-order chi connectivity index (χ0) is 19.9. The molecule has 1 aliphatic heterocycles. The zero-order valence-corrected chi connectivity index (χ0v) is 17.0. The van der Waals surface area contributed by atoms with Crippen molar-refractivity contribution in [2.24, 2.45) is 0 Å². The number of carboxylic acids is 1. The minimum atomic E-state index is -0.885. The van der Waals surface area contributed by atoms with Gasteiger partial charge >= 0.3 is 5.97 Å². The van der Waals surface area contributed by atoms with Crippen LogP contribution < -0.4 is 4.74 Å². The molecule has 148 valence electrons. The molecule has 28 heavy (non-hydrogen) atoms. The third-order valence-electron chi connectivity index (χ3n) is 4.83. The van der Waals surface area contributed by atoms with Crippen LogP contribution >= 0.6 is 11.8 Å². The van der Waals surface area contributed by atoms with E-state index in [0.29, 0.717) is 23.3 Å². The van der Waals surface area contributed by atoms with Gasteiger partial charge in [-0.3, -0.25) is 9.59 Å². The van der Waals surface area contributed by atoms with Crippen molar-refractivity contribution in [1.29, 1.82) is 0 Å². The number of thioether (sulfide) groups is 1. The maximum atomic E-state index is 13.1. The van der Waals surface area contributed by atoms with Gasteiger partial charge in [0.15, 0.2) is 5.78 Å². The molecule has 0 amide bonds. The van der Waals surface area contributed by atoms with Gasteiger partial charge in [-0.1, -0.05) is 32.3 Å². The fourth-order valence-corrected chi connectivity index (χ4v) is 4.58. The number of ketones is 1. The largest absolute Gasteiger partial charge is 0.494 e. The summed E-state index contributed by atoms with van der Waals surface area (Å²) >= 11 is 1.67. The summed E-state index contributed by atoms with van der Waals surface area (Å²) in [6.45, 7) is 2.87. The van der Waals surface area contributed by atoms with Crippen LogP contribution in [-0.4, -0.2) is 29.2 Å². The Balaban J connectivity index is 1.73. The van der Waals surface area contributed by atoms with Gasteiger partial charge in [-0.25, -0.2) is 0 Å². The van der Waals surface area contributed by atoms with Crippen LogP contribution in [0.1, 0.15) is 59.7 Å². The van der Waals surface area contributed by atoms with Crippen LogP contribution in [0.2, 0.25) is 0 Å². The number of hydrogen-bond donors (Lipinski definition) is 1. The summed E-state index contributed by atoms with van der Waals surface area (Å²) in [6.07, 6.45) is 5.44. The average molecular weight is 399 g/mol. The Morgan fingerprint density at radius 1 is 1.11 bits per heavy atom. The standard InChI is InChI=1S/C23H26O4S/c1-2-3-4-5-11-27-19-8-6-17(7-9-19)22(26)20-14-16(15-21(24)25)13-18-10-12-28-23(18)20/h6-9,13-14H,2-5,10-12,15H2,1H3,(H,24,25). The lowest BCUT2D eigenvalue weighted by molar-refractivity contribution is -0.136. The molecule has 3 rings (SSSR count). The van der Waals surface area contributed by atoms with Crippen LogP contribution in [0.25, 0.3) is 0 Å². The van der Waals surface area contributed by atoms with Gasteiger partial charge in [-0.15, -0.1) is 11.8 Å². The highest BCUT2D eigenvalue weighted by Gasteiger charge is 2.22. The molecular weight excluding hydrogens is 372 g/mol. The molecule has 0 saturated carbocycles. The highest BCUT2D eigenvalue weighted by atomic mass is 32.2. The van der Waals surface area contributed by atoms with Crippen LogP contribution in [0.3, 0.4) is 0 Å². The summed E-state index contributed by atoms with van der Waals surface area (Å²) in [6, 6.07) is 10.9. The van der Waals surface area contributed by atoms with E-state index in [1.54, 1.807) is 30.0 Å². The maximum Gasteiger partial charge on any atom is 0.307 e. The van der Waals surface area contributed by atoms with E-state index in [0.717, 1.165) is 34.8 Å². The molecule has 0 saturated heterocycles. The summed E-state index contributed by atoms with van der Waals surface area (Å²) in [4.78, 5) is 25.2. The van der Waals surface area contributed by atoms with Crippen molar-refractivity contribution in [2.75, 3.05) is 12.4 Å². The lowest BCUT2D eigenvalue weighted by atomic mass is 9.96. The van der Waals surface area contributed by atoms with Gasteiger partial charge in [0.05, 0.1) is 13.0 Å². The first-order valence-electron chi connectivity index (χ1n) is 9.86. The fraction of sp³-hybridized carbons (Fsp3) is 0.391. The van der Waals surface area contributed by atoms with Crippen molar-refractivity contribution in [3.05, 3.63) is 58.7 Å². The lowest BCUT2D eigenvalue weighted by Gasteiger charge is -2.11. The number of aryl methyl sites for hydroxylation is 1. The lowest BCUT2D eigenvalue weighted by Crippen LogP contribution is -2.07. The molecule has 1 aliphatic rings. The molecule has 0 spiro atoms. The van der Waals surface area contributed by atoms with Gasteiger partial charge in [-0.05, 0) is 54.3 Å². The average Bonchev–Trinajstić information content (AvgIpc) is 3.15. The molecule has 0 fully saturated rings. The van der Waals surface area contributed by atoms with Gasteiger partial charge < -0.3 is 9.84 Å². The number of hydrogen-bond acceptors (Lipinski definition) is 4. The molecule has 5 heteroatoms. The van der Waals surface area contributed by atoms with Crippen molar-refractivity contribution in [2.45, 2.75) is 50.3 Å². The fourth-order valence-electron chi connectivity index (χ4n) is 3.40. The Morgan fingerprint density at radius 2 is 1.89 bits per heavy atom. The first kappa shape index (κ1) is 20.5. The van der Waals surface area contributed by atoms with Crippen LogP contribution in [-0.2, 0) is 17.6 Å². The second-order valence-electron chi connectivity index (χ2n) is 7.06. The summed E-state index contributed by atoms with van der Waals surface area (Å²) in [7, 11) is 0. The van der Waals surface area contributed by atoms with E-state index in [9.17, 15) is 9.59 Å². The van der Waals surface area contributed by atoms with Crippen molar-refractivity contribution < 1.29 is 19.4 Å². The second-order valence-corrected chi connectivity index (χ2v) is 8.17. The molecule has 1 N–H and O–H groups in total. The van der Waals surface area contributed by atoms with Gasteiger partial charge in [0.2, 0.25) is 0 Å². The smallest absolute Gasteiger partial charge is 0.307 e. The molecule has 0 bridgehead atoms.